The highest BCUT2D eigenvalue weighted by Gasteiger charge is 2.12. The van der Waals surface area contributed by atoms with Crippen LogP contribution >= 0.6 is 11.3 Å². The van der Waals surface area contributed by atoms with Gasteiger partial charge in [0.05, 0.1) is 18.5 Å². The highest BCUT2D eigenvalue weighted by Crippen LogP contribution is 2.17. The van der Waals surface area contributed by atoms with Crippen molar-refractivity contribution in [1.82, 2.24) is 10.1 Å². The van der Waals surface area contributed by atoms with Gasteiger partial charge in [0.1, 0.15) is 11.5 Å². The zero-order chi connectivity index (χ0) is 13.8. The highest BCUT2D eigenvalue weighted by molar-refractivity contribution is 7.09. The molecule has 0 radical (unpaired) electrons. The topological polar surface area (TPSA) is 42.4 Å². The lowest BCUT2D eigenvalue weighted by molar-refractivity contribution is 0.222. The van der Waals surface area contributed by atoms with E-state index in [0.717, 1.165) is 36.8 Å². The average Bonchev–Trinajstić information content (AvgIpc) is 3.13. The first-order valence-electron chi connectivity index (χ1n) is 6.49. The van der Waals surface area contributed by atoms with Crippen molar-refractivity contribution in [2.75, 3.05) is 0 Å². The predicted molar refractivity (Wildman–Crippen MR) is 77.2 cm³/mol. The molecule has 0 spiro atoms. The fourth-order valence-electron chi connectivity index (χ4n) is 2.14. The van der Waals surface area contributed by atoms with Gasteiger partial charge < -0.3 is 8.94 Å². The van der Waals surface area contributed by atoms with Crippen molar-refractivity contribution in [3.8, 4) is 0 Å². The molecule has 0 atom stereocenters. The smallest absolute Gasteiger partial charge is 0.133 e. The van der Waals surface area contributed by atoms with Crippen LogP contribution in [0.15, 0.2) is 50.9 Å². The molecule has 5 heteroatoms. The predicted octanol–water partition coefficient (Wildman–Crippen LogP) is 3.84. The summed E-state index contributed by atoms with van der Waals surface area (Å²) >= 11 is 1.76. The number of aryl methyl sites for hydroxylation is 1. The molecule has 0 saturated carbocycles. The summed E-state index contributed by atoms with van der Waals surface area (Å²) in [6.07, 6.45) is 1.71. The molecule has 0 N–H and O–H groups in total. The SMILES string of the molecule is Cc1cc(CN(Cc2ccco2)Cc2cccs2)no1. The van der Waals surface area contributed by atoms with Gasteiger partial charge in [0, 0.05) is 24.0 Å². The molecule has 0 fully saturated rings. The van der Waals surface area contributed by atoms with Crippen molar-refractivity contribution < 1.29 is 8.94 Å². The molecule has 0 bridgehead atoms. The molecule has 0 unspecified atom stereocenters. The van der Waals surface area contributed by atoms with Gasteiger partial charge in [-0.3, -0.25) is 4.90 Å². The zero-order valence-corrected chi connectivity index (χ0v) is 12.1. The van der Waals surface area contributed by atoms with Crippen LogP contribution in [-0.4, -0.2) is 10.1 Å². The van der Waals surface area contributed by atoms with E-state index in [1.165, 1.54) is 4.88 Å². The Balaban J connectivity index is 1.72. The van der Waals surface area contributed by atoms with Gasteiger partial charge in [-0.05, 0) is 30.5 Å². The Morgan fingerprint density at radius 3 is 2.80 bits per heavy atom. The molecule has 0 amide bonds. The lowest BCUT2D eigenvalue weighted by Gasteiger charge is -2.19. The van der Waals surface area contributed by atoms with Crippen LogP contribution in [0.25, 0.3) is 0 Å². The summed E-state index contributed by atoms with van der Waals surface area (Å²) in [6, 6.07) is 10.1. The lowest BCUT2D eigenvalue weighted by atomic mass is 10.3. The van der Waals surface area contributed by atoms with Crippen molar-refractivity contribution >= 4 is 11.3 Å². The maximum atomic E-state index is 5.44. The minimum absolute atomic E-state index is 0.746. The van der Waals surface area contributed by atoms with Crippen LogP contribution in [-0.2, 0) is 19.6 Å². The number of nitrogens with zero attached hydrogens (tertiary/aromatic N) is 2. The Kier molecular flexibility index (Phi) is 3.99. The quantitative estimate of drug-likeness (QED) is 0.691. The van der Waals surface area contributed by atoms with E-state index in [9.17, 15) is 0 Å². The maximum Gasteiger partial charge on any atom is 0.133 e. The maximum absolute atomic E-state index is 5.44. The van der Waals surface area contributed by atoms with Gasteiger partial charge in [0.2, 0.25) is 0 Å². The molecule has 3 heterocycles. The highest BCUT2D eigenvalue weighted by atomic mass is 32.1. The van der Waals surface area contributed by atoms with E-state index >= 15 is 0 Å². The molecule has 20 heavy (non-hydrogen) atoms. The van der Waals surface area contributed by atoms with Gasteiger partial charge in [-0.1, -0.05) is 11.2 Å². The number of hydrogen-bond acceptors (Lipinski definition) is 5. The van der Waals surface area contributed by atoms with Gasteiger partial charge in [-0.25, -0.2) is 0 Å². The normalized spacial score (nSPS) is 11.3. The van der Waals surface area contributed by atoms with Crippen LogP contribution < -0.4 is 0 Å². The van der Waals surface area contributed by atoms with Gasteiger partial charge in [0.15, 0.2) is 0 Å². The van der Waals surface area contributed by atoms with E-state index in [2.05, 4.69) is 27.6 Å². The Bertz CT molecular complexity index is 592. The Hall–Kier alpha value is -1.85. The molecule has 4 nitrogen and oxygen atoms in total. The van der Waals surface area contributed by atoms with Gasteiger partial charge in [0.25, 0.3) is 0 Å². The molecule has 0 aromatic carbocycles. The second-order valence-corrected chi connectivity index (χ2v) is 5.77. The van der Waals surface area contributed by atoms with Crippen molar-refractivity contribution in [3.05, 3.63) is 64.1 Å². The summed E-state index contributed by atoms with van der Waals surface area (Å²) in [7, 11) is 0. The fraction of sp³-hybridized carbons (Fsp3) is 0.267. The number of aromatic nitrogens is 1. The number of thiophene rings is 1. The third-order valence-electron chi connectivity index (χ3n) is 2.98. The summed E-state index contributed by atoms with van der Waals surface area (Å²) < 4.78 is 10.6. The van der Waals surface area contributed by atoms with E-state index in [1.54, 1.807) is 17.6 Å². The van der Waals surface area contributed by atoms with Crippen molar-refractivity contribution in [2.24, 2.45) is 0 Å². The molecule has 0 aliphatic heterocycles. The van der Waals surface area contributed by atoms with Crippen LogP contribution in [0.4, 0.5) is 0 Å². The first-order chi connectivity index (χ1) is 9.79. The van der Waals surface area contributed by atoms with Crippen molar-refractivity contribution in [2.45, 2.75) is 26.6 Å². The van der Waals surface area contributed by atoms with E-state index in [0.29, 0.717) is 0 Å². The number of furan rings is 1. The van der Waals surface area contributed by atoms with Gasteiger partial charge in [-0.15, -0.1) is 11.3 Å². The minimum atomic E-state index is 0.746. The van der Waals surface area contributed by atoms with Crippen LogP contribution in [0.1, 0.15) is 22.1 Å². The first kappa shape index (κ1) is 13.1. The molecule has 0 aliphatic carbocycles. The third-order valence-corrected chi connectivity index (χ3v) is 3.84. The Morgan fingerprint density at radius 2 is 2.15 bits per heavy atom. The summed E-state index contributed by atoms with van der Waals surface area (Å²) in [5.41, 5.74) is 0.950. The summed E-state index contributed by atoms with van der Waals surface area (Å²) in [4.78, 5) is 3.62. The Labute approximate surface area is 121 Å². The number of hydrogen-bond donors (Lipinski definition) is 0. The molecule has 0 saturated heterocycles. The summed E-state index contributed by atoms with van der Waals surface area (Å²) in [6.45, 7) is 4.30. The molecule has 3 rings (SSSR count). The van der Waals surface area contributed by atoms with E-state index in [1.807, 2.05) is 25.1 Å². The average molecular weight is 288 g/mol. The molecule has 3 aromatic rings. The van der Waals surface area contributed by atoms with E-state index in [-0.39, 0.29) is 0 Å². The summed E-state index contributed by atoms with van der Waals surface area (Å²) in [5, 5.41) is 6.17. The Morgan fingerprint density at radius 1 is 1.20 bits per heavy atom. The third kappa shape index (κ3) is 3.37. The van der Waals surface area contributed by atoms with Crippen molar-refractivity contribution in [3.63, 3.8) is 0 Å². The standard InChI is InChI=1S/C15H16N2O2S/c1-12-8-13(16-19-12)9-17(10-14-4-2-6-18-14)11-15-5-3-7-20-15/h2-8H,9-11H2,1H3. The van der Waals surface area contributed by atoms with Gasteiger partial charge >= 0.3 is 0 Å². The molecule has 3 aromatic heterocycles. The summed E-state index contributed by atoms with van der Waals surface area (Å²) in [5.74, 6) is 1.80. The van der Waals surface area contributed by atoms with Crippen LogP contribution in [0, 0.1) is 6.92 Å². The van der Waals surface area contributed by atoms with E-state index in [4.69, 9.17) is 8.94 Å². The molecule has 104 valence electrons. The van der Waals surface area contributed by atoms with Crippen LogP contribution in [0.5, 0.6) is 0 Å². The van der Waals surface area contributed by atoms with Crippen LogP contribution in [0.2, 0.25) is 0 Å². The minimum Gasteiger partial charge on any atom is -0.468 e. The second-order valence-electron chi connectivity index (χ2n) is 4.73. The number of rotatable bonds is 6. The molecular weight excluding hydrogens is 272 g/mol. The van der Waals surface area contributed by atoms with Crippen LogP contribution in [0.3, 0.4) is 0 Å². The van der Waals surface area contributed by atoms with Crippen molar-refractivity contribution in [1.29, 1.82) is 0 Å². The zero-order valence-electron chi connectivity index (χ0n) is 11.3. The monoisotopic (exact) mass is 288 g/mol. The molecule has 0 aliphatic rings. The molecular formula is C15H16N2O2S. The van der Waals surface area contributed by atoms with E-state index < -0.39 is 0 Å². The fourth-order valence-corrected chi connectivity index (χ4v) is 2.88. The largest absolute Gasteiger partial charge is 0.468 e. The first-order valence-corrected chi connectivity index (χ1v) is 7.37. The lowest BCUT2D eigenvalue weighted by Crippen LogP contribution is -2.21. The second kappa shape index (κ2) is 6.07. The van der Waals surface area contributed by atoms with Gasteiger partial charge in [-0.2, -0.15) is 0 Å².